The number of rotatable bonds is 0. The minimum absolute atomic E-state index is 0.0703. The average molecular weight is 154 g/mol. The summed E-state index contributed by atoms with van der Waals surface area (Å²) in [7, 11) is 0. The number of esters is 1. The van der Waals surface area contributed by atoms with Crippen LogP contribution >= 0.6 is 0 Å². The Morgan fingerprint density at radius 3 is 2.91 bits per heavy atom. The lowest BCUT2D eigenvalue weighted by molar-refractivity contribution is -0.145. The summed E-state index contributed by atoms with van der Waals surface area (Å²) in [6.45, 7) is 0. The van der Waals surface area contributed by atoms with E-state index in [0.717, 1.165) is 12.8 Å². The molecule has 3 aliphatic rings. The van der Waals surface area contributed by atoms with E-state index in [1.165, 1.54) is 0 Å². The molecule has 5 atom stereocenters. The number of carbonyl (C=O) groups is 1. The van der Waals surface area contributed by atoms with E-state index in [4.69, 9.17) is 4.74 Å². The van der Waals surface area contributed by atoms with E-state index in [1.54, 1.807) is 0 Å². The lowest BCUT2D eigenvalue weighted by atomic mass is 9.88. The zero-order valence-electron chi connectivity index (χ0n) is 6.06. The third-order valence-electron chi connectivity index (χ3n) is 3.44. The van der Waals surface area contributed by atoms with Crippen LogP contribution in [0.1, 0.15) is 12.8 Å². The third kappa shape index (κ3) is 0.527. The van der Waals surface area contributed by atoms with E-state index >= 15 is 0 Å². The molecule has 3 rings (SSSR count). The summed E-state index contributed by atoms with van der Waals surface area (Å²) in [5.74, 6) is 0.761. The first-order valence-electron chi connectivity index (χ1n) is 4.16. The molecule has 3 fully saturated rings. The molecular formula is C8H10O3. The summed E-state index contributed by atoms with van der Waals surface area (Å²) in [6.07, 6.45) is 1.36. The molecule has 60 valence electrons. The Labute approximate surface area is 64.3 Å². The minimum Gasteiger partial charge on any atom is -0.459 e. The van der Waals surface area contributed by atoms with Crippen molar-refractivity contribution in [3.63, 3.8) is 0 Å². The molecule has 0 amide bonds. The number of ether oxygens (including phenoxy) is 1. The van der Waals surface area contributed by atoms with Gasteiger partial charge in [0.1, 0.15) is 6.10 Å². The molecule has 0 spiro atoms. The van der Waals surface area contributed by atoms with Gasteiger partial charge in [0, 0.05) is 5.92 Å². The number of hydrogen-bond donors (Lipinski definition) is 1. The lowest BCUT2D eigenvalue weighted by Crippen LogP contribution is -2.31. The predicted molar refractivity (Wildman–Crippen MR) is 35.6 cm³/mol. The highest BCUT2D eigenvalue weighted by Crippen LogP contribution is 2.54. The van der Waals surface area contributed by atoms with Gasteiger partial charge in [0.2, 0.25) is 0 Å². The molecule has 1 aliphatic heterocycles. The van der Waals surface area contributed by atoms with Crippen LogP contribution in [0.4, 0.5) is 0 Å². The highest BCUT2D eigenvalue weighted by Gasteiger charge is 2.61. The van der Waals surface area contributed by atoms with Gasteiger partial charge < -0.3 is 9.84 Å². The highest BCUT2D eigenvalue weighted by molar-refractivity contribution is 5.76. The molecule has 0 aromatic rings. The van der Waals surface area contributed by atoms with Crippen LogP contribution in [0.15, 0.2) is 0 Å². The Kier molecular flexibility index (Phi) is 0.876. The van der Waals surface area contributed by atoms with E-state index in [9.17, 15) is 9.90 Å². The first-order chi connectivity index (χ1) is 5.27. The summed E-state index contributed by atoms with van der Waals surface area (Å²) in [6, 6.07) is 0. The zero-order valence-corrected chi connectivity index (χ0v) is 6.06. The number of hydrogen-bond acceptors (Lipinski definition) is 3. The standard InChI is InChI=1S/C8H10O3/c9-6-3-1-4-5(2-3)8(10)11-7(4)6/h3-7,9H,1-2H2/t3-,4-,5-,6-,7-/m1/s1. The number of aliphatic hydroxyl groups is 1. The largest absolute Gasteiger partial charge is 0.459 e. The van der Waals surface area contributed by atoms with Crippen molar-refractivity contribution in [2.45, 2.75) is 25.0 Å². The molecule has 0 unspecified atom stereocenters. The Balaban J connectivity index is 2.04. The summed E-state index contributed by atoms with van der Waals surface area (Å²) >= 11 is 0. The molecular weight excluding hydrogens is 144 g/mol. The zero-order chi connectivity index (χ0) is 7.59. The molecule has 2 bridgehead atoms. The monoisotopic (exact) mass is 154 g/mol. The second kappa shape index (κ2) is 1.61. The van der Waals surface area contributed by atoms with Crippen molar-refractivity contribution in [2.75, 3.05) is 0 Å². The van der Waals surface area contributed by atoms with Crippen molar-refractivity contribution in [1.29, 1.82) is 0 Å². The molecule has 0 radical (unpaired) electrons. The van der Waals surface area contributed by atoms with E-state index in [-0.39, 0.29) is 24.1 Å². The molecule has 11 heavy (non-hydrogen) atoms. The number of aliphatic hydroxyl groups excluding tert-OH is 1. The normalized spacial score (nSPS) is 58.6. The second-order valence-corrected chi connectivity index (χ2v) is 3.89. The van der Waals surface area contributed by atoms with Crippen LogP contribution in [0, 0.1) is 17.8 Å². The first-order valence-corrected chi connectivity index (χ1v) is 4.16. The van der Waals surface area contributed by atoms with Crippen molar-refractivity contribution in [3.8, 4) is 0 Å². The van der Waals surface area contributed by atoms with E-state index in [1.807, 2.05) is 0 Å². The molecule has 1 saturated heterocycles. The molecule has 3 heteroatoms. The molecule has 0 aromatic carbocycles. The van der Waals surface area contributed by atoms with Crippen molar-refractivity contribution in [3.05, 3.63) is 0 Å². The molecule has 1 heterocycles. The van der Waals surface area contributed by atoms with E-state index < -0.39 is 0 Å². The summed E-state index contributed by atoms with van der Waals surface area (Å²) in [4.78, 5) is 11.1. The summed E-state index contributed by atoms with van der Waals surface area (Å²) in [5.41, 5.74) is 0. The van der Waals surface area contributed by atoms with Gasteiger partial charge >= 0.3 is 5.97 Å². The van der Waals surface area contributed by atoms with E-state index in [0.29, 0.717) is 11.8 Å². The summed E-state index contributed by atoms with van der Waals surface area (Å²) in [5, 5.41) is 9.55. The van der Waals surface area contributed by atoms with E-state index in [2.05, 4.69) is 0 Å². The Hall–Kier alpha value is -0.570. The van der Waals surface area contributed by atoms with Crippen LogP contribution in [0.3, 0.4) is 0 Å². The quantitative estimate of drug-likeness (QED) is 0.497. The maximum Gasteiger partial charge on any atom is 0.309 e. The van der Waals surface area contributed by atoms with Gasteiger partial charge in [0.15, 0.2) is 0 Å². The van der Waals surface area contributed by atoms with Crippen LogP contribution in [0.5, 0.6) is 0 Å². The van der Waals surface area contributed by atoms with Crippen LogP contribution in [-0.2, 0) is 9.53 Å². The predicted octanol–water partition coefficient (Wildman–Crippen LogP) is -0.0713. The fourth-order valence-electron chi connectivity index (χ4n) is 2.92. The third-order valence-corrected chi connectivity index (χ3v) is 3.44. The Bertz CT molecular complexity index is 225. The Morgan fingerprint density at radius 1 is 1.45 bits per heavy atom. The fourth-order valence-corrected chi connectivity index (χ4v) is 2.92. The Morgan fingerprint density at radius 2 is 2.27 bits per heavy atom. The number of fused-ring (bicyclic) bond motifs is 1. The van der Waals surface area contributed by atoms with Gasteiger partial charge in [-0.2, -0.15) is 0 Å². The smallest absolute Gasteiger partial charge is 0.309 e. The van der Waals surface area contributed by atoms with Gasteiger partial charge in [0.25, 0.3) is 0 Å². The van der Waals surface area contributed by atoms with Crippen molar-refractivity contribution >= 4 is 5.97 Å². The molecule has 2 aliphatic carbocycles. The fraction of sp³-hybridized carbons (Fsp3) is 0.875. The summed E-state index contributed by atoms with van der Waals surface area (Å²) < 4.78 is 5.06. The van der Waals surface area contributed by atoms with Crippen LogP contribution < -0.4 is 0 Å². The van der Waals surface area contributed by atoms with Gasteiger partial charge in [-0.3, -0.25) is 4.79 Å². The van der Waals surface area contributed by atoms with Crippen molar-refractivity contribution < 1.29 is 14.6 Å². The van der Waals surface area contributed by atoms with Crippen molar-refractivity contribution in [1.82, 2.24) is 0 Å². The van der Waals surface area contributed by atoms with Gasteiger partial charge in [-0.25, -0.2) is 0 Å². The van der Waals surface area contributed by atoms with Gasteiger partial charge in [-0.05, 0) is 18.8 Å². The maximum atomic E-state index is 11.1. The second-order valence-electron chi connectivity index (χ2n) is 3.89. The van der Waals surface area contributed by atoms with Crippen LogP contribution in [0.2, 0.25) is 0 Å². The van der Waals surface area contributed by atoms with Crippen LogP contribution in [-0.4, -0.2) is 23.3 Å². The average Bonchev–Trinajstić information content (AvgIpc) is 2.53. The van der Waals surface area contributed by atoms with Crippen LogP contribution in [0.25, 0.3) is 0 Å². The van der Waals surface area contributed by atoms with Crippen molar-refractivity contribution in [2.24, 2.45) is 17.8 Å². The minimum atomic E-state index is -0.359. The van der Waals surface area contributed by atoms with Gasteiger partial charge in [0.05, 0.1) is 12.0 Å². The number of carbonyl (C=O) groups excluding carboxylic acids is 1. The highest BCUT2D eigenvalue weighted by atomic mass is 16.6. The lowest BCUT2D eigenvalue weighted by Gasteiger charge is -2.19. The maximum absolute atomic E-state index is 11.1. The SMILES string of the molecule is O=C1O[C@H]2[C@H](O)[C@@H]3C[C@@H]2[C@H]1C3. The molecule has 2 saturated carbocycles. The topological polar surface area (TPSA) is 46.5 Å². The first kappa shape index (κ1) is 6.00. The van der Waals surface area contributed by atoms with Gasteiger partial charge in [-0.15, -0.1) is 0 Å². The van der Waals surface area contributed by atoms with Gasteiger partial charge in [-0.1, -0.05) is 0 Å². The molecule has 0 aromatic heterocycles. The molecule has 1 N–H and O–H groups in total. The molecule has 3 nitrogen and oxygen atoms in total.